The summed E-state index contributed by atoms with van der Waals surface area (Å²) in [6.07, 6.45) is 5.16. The van der Waals surface area contributed by atoms with E-state index in [0.717, 1.165) is 5.69 Å². The highest BCUT2D eigenvalue weighted by molar-refractivity contribution is 5.94. The van der Waals surface area contributed by atoms with Crippen molar-refractivity contribution in [3.05, 3.63) is 54.4 Å². The summed E-state index contributed by atoms with van der Waals surface area (Å²) in [5.41, 5.74) is 1.38. The van der Waals surface area contributed by atoms with E-state index in [1.807, 2.05) is 17.8 Å². The number of carbonyl (C=O) groups excluding carboxylic acids is 2. The summed E-state index contributed by atoms with van der Waals surface area (Å²) >= 11 is 0. The van der Waals surface area contributed by atoms with Crippen molar-refractivity contribution < 1.29 is 18.7 Å². The molecule has 140 valence electrons. The summed E-state index contributed by atoms with van der Waals surface area (Å²) in [6.45, 7) is 0.226. The molecule has 0 fully saturated rings. The number of pyridine rings is 1. The molecule has 0 bridgehead atoms. The Balaban J connectivity index is 1.59. The normalized spacial score (nSPS) is 10.4. The molecule has 0 radical (unpaired) electrons. The molecular formula is C18H19N5O4. The van der Waals surface area contributed by atoms with Crippen molar-refractivity contribution >= 4 is 11.8 Å². The highest BCUT2D eigenvalue weighted by atomic mass is 16.5. The predicted molar refractivity (Wildman–Crippen MR) is 95.9 cm³/mol. The number of ether oxygens (including phenoxy) is 1. The third-order valence-corrected chi connectivity index (χ3v) is 3.65. The number of carbonyl (C=O) groups is 2. The van der Waals surface area contributed by atoms with Crippen LogP contribution < -0.4 is 15.4 Å². The molecule has 0 atom stereocenters. The van der Waals surface area contributed by atoms with Crippen LogP contribution in [0.5, 0.6) is 5.75 Å². The van der Waals surface area contributed by atoms with E-state index in [1.165, 1.54) is 13.1 Å². The molecule has 0 saturated heterocycles. The van der Waals surface area contributed by atoms with E-state index < -0.39 is 5.91 Å². The van der Waals surface area contributed by atoms with Crippen LogP contribution in [0.15, 0.2) is 47.4 Å². The minimum absolute atomic E-state index is 0.103. The zero-order chi connectivity index (χ0) is 19.2. The average Bonchev–Trinajstić information content (AvgIpc) is 3.34. The van der Waals surface area contributed by atoms with Gasteiger partial charge in [0, 0.05) is 20.3 Å². The molecule has 0 aliphatic heterocycles. The Labute approximate surface area is 155 Å². The van der Waals surface area contributed by atoms with E-state index in [0.29, 0.717) is 23.8 Å². The summed E-state index contributed by atoms with van der Waals surface area (Å²) in [5.74, 6) is 0.375. The van der Waals surface area contributed by atoms with Gasteiger partial charge in [-0.3, -0.25) is 9.59 Å². The van der Waals surface area contributed by atoms with Crippen LogP contribution in [0.4, 0.5) is 0 Å². The zero-order valence-electron chi connectivity index (χ0n) is 14.9. The maximum absolute atomic E-state index is 12.0. The SMILES string of the molecule is CNC(=O)CNC(=O)c1ccc(-c2ccc(OCc3cn(C)cn3)cn2)o1. The molecule has 3 heterocycles. The second-order valence-corrected chi connectivity index (χ2v) is 5.72. The van der Waals surface area contributed by atoms with Crippen molar-refractivity contribution in [1.82, 2.24) is 25.2 Å². The van der Waals surface area contributed by atoms with Gasteiger partial charge in [0.2, 0.25) is 5.91 Å². The lowest BCUT2D eigenvalue weighted by atomic mass is 10.3. The molecule has 0 aliphatic rings. The summed E-state index contributed by atoms with van der Waals surface area (Å²) in [4.78, 5) is 31.6. The van der Waals surface area contributed by atoms with Crippen molar-refractivity contribution in [1.29, 1.82) is 0 Å². The van der Waals surface area contributed by atoms with E-state index in [2.05, 4.69) is 20.6 Å². The first-order valence-electron chi connectivity index (χ1n) is 8.20. The molecule has 27 heavy (non-hydrogen) atoms. The number of rotatable bonds is 7. The minimum Gasteiger partial charge on any atom is -0.486 e. The second-order valence-electron chi connectivity index (χ2n) is 5.72. The predicted octanol–water partition coefficient (Wildman–Crippen LogP) is 1.13. The number of likely N-dealkylation sites (N-methyl/N-ethyl adjacent to an activating group) is 1. The molecule has 3 aromatic rings. The van der Waals surface area contributed by atoms with Crippen molar-refractivity contribution in [2.45, 2.75) is 6.61 Å². The topological polar surface area (TPSA) is 111 Å². The van der Waals surface area contributed by atoms with Crippen LogP contribution >= 0.6 is 0 Å². The highest BCUT2D eigenvalue weighted by Crippen LogP contribution is 2.22. The molecule has 0 aliphatic carbocycles. The Bertz CT molecular complexity index is 929. The number of hydrogen-bond acceptors (Lipinski definition) is 6. The number of aromatic nitrogens is 3. The second kappa shape index (κ2) is 8.17. The van der Waals surface area contributed by atoms with Crippen molar-refractivity contribution in [3.8, 4) is 17.2 Å². The Kier molecular flexibility index (Phi) is 5.50. The summed E-state index contributed by atoms with van der Waals surface area (Å²) in [7, 11) is 3.39. The maximum atomic E-state index is 12.0. The Morgan fingerprint density at radius 3 is 2.74 bits per heavy atom. The highest BCUT2D eigenvalue weighted by Gasteiger charge is 2.13. The summed E-state index contributed by atoms with van der Waals surface area (Å²) < 4.78 is 13.0. The fourth-order valence-electron chi connectivity index (χ4n) is 2.24. The van der Waals surface area contributed by atoms with Gasteiger partial charge in [0.1, 0.15) is 18.1 Å². The molecule has 0 unspecified atom stereocenters. The van der Waals surface area contributed by atoms with Crippen molar-refractivity contribution in [2.75, 3.05) is 13.6 Å². The van der Waals surface area contributed by atoms with E-state index in [-0.39, 0.29) is 18.2 Å². The first kappa shape index (κ1) is 18.2. The summed E-state index contributed by atoms with van der Waals surface area (Å²) in [6, 6.07) is 6.67. The Morgan fingerprint density at radius 2 is 2.07 bits per heavy atom. The van der Waals surface area contributed by atoms with Crippen LogP contribution in [0.25, 0.3) is 11.5 Å². The van der Waals surface area contributed by atoms with Crippen LogP contribution in [0.3, 0.4) is 0 Å². The van der Waals surface area contributed by atoms with E-state index >= 15 is 0 Å². The van der Waals surface area contributed by atoms with Crippen molar-refractivity contribution in [2.24, 2.45) is 7.05 Å². The van der Waals surface area contributed by atoms with Gasteiger partial charge in [-0.1, -0.05) is 0 Å². The van der Waals surface area contributed by atoms with E-state index in [4.69, 9.17) is 9.15 Å². The van der Waals surface area contributed by atoms with Gasteiger partial charge in [0.15, 0.2) is 11.5 Å². The molecular weight excluding hydrogens is 350 g/mol. The molecule has 9 nitrogen and oxygen atoms in total. The molecule has 0 aromatic carbocycles. The Hall–Kier alpha value is -3.62. The number of amides is 2. The van der Waals surface area contributed by atoms with Gasteiger partial charge in [0.25, 0.3) is 5.91 Å². The third-order valence-electron chi connectivity index (χ3n) is 3.65. The summed E-state index contributed by atoms with van der Waals surface area (Å²) in [5, 5.41) is 4.88. The molecule has 0 saturated carbocycles. The smallest absolute Gasteiger partial charge is 0.287 e. The number of hydrogen-bond donors (Lipinski definition) is 2. The number of nitrogens with zero attached hydrogens (tertiary/aromatic N) is 3. The van der Waals surface area contributed by atoms with Crippen LogP contribution in [0, 0.1) is 0 Å². The fourth-order valence-corrected chi connectivity index (χ4v) is 2.24. The van der Waals surface area contributed by atoms with E-state index in [9.17, 15) is 9.59 Å². The first-order valence-corrected chi connectivity index (χ1v) is 8.20. The quantitative estimate of drug-likeness (QED) is 0.646. The lowest BCUT2D eigenvalue weighted by Gasteiger charge is -2.04. The van der Waals surface area contributed by atoms with Gasteiger partial charge >= 0.3 is 0 Å². The number of nitrogens with one attached hydrogen (secondary N) is 2. The molecule has 2 amide bonds. The average molecular weight is 369 g/mol. The van der Waals surface area contributed by atoms with Gasteiger partial charge < -0.3 is 24.4 Å². The Morgan fingerprint density at radius 1 is 1.22 bits per heavy atom. The molecule has 9 heteroatoms. The first-order chi connectivity index (χ1) is 13.0. The fraction of sp³-hybridized carbons (Fsp3) is 0.222. The van der Waals surface area contributed by atoms with Crippen LogP contribution in [-0.2, 0) is 18.4 Å². The molecule has 0 spiro atoms. The number of imidazole rings is 1. The van der Waals surface area contributed by atoms with Crippen LogP contribution in [0.1, 0.15) is 16.2 Å². The number of furan rings is 1. The lowest BCUT2D eigenvalue weighted by molar-refractivity contribution is -0.119. The zero-order valence-corrected chi connectivity index (χ0v) is 14.9. The van der Waals surface area contributed by atoms with Gasteiger partial charge in [-0.05, 0) is 24.3 Å². The van der Waals surface area contributed by atoms with Crippen molar-refractivity contribution in [3.63, 3.8) is 0 Å². The molecule has 2 N–H and O–H groups in total. The van der Waals surface area contributed by atoms with Gasteiger partial charge in [-0.15, -0.1) is 0 Å². The van der Waals surface area contributed by atoms with Gasteiger partial charge in [-0.25, -0.2) is 9.97 Å². The molecule has 3 aromatic heterocycles. The van der Waals surface area contributed by atoms with Crippen LogP contribution in [-0.4, -0.2) is 39.9 Å². The van der Waals surface area contributed by atoms with Crippen LogP contribution in [0.2, 0.25) is 0 Å². The molecule has 3 rings (SSSR count). The number of aryl methyl sites for hydroxylation is 1. The maximum Gasteiger partial charge on any atom is 0.287 e. The standard InChI is InChI=1S/C18H19N5O4/c1-19-17(24)8-21-18(25)16-6-5-15(27-16)14-4-3-13(7-20-14)26-10-12-9-23(2)11-22-12/h3-7,9,11H,8,10H2,1-2H3,(H,19,24)(H,21,25). The van der Waals surface area contributed by atoms with Gasteiger partial charge in [0.05, 0.1) is 24.8 Å². The monoisotopic (exact) mass is 369 g/mol. The minimum atomic E-state index is -0.472. The van der Waals surface area contributed by atoms with Gasteiger partial charge in [-0.2, -0.15) is 0 Å². The third kappa shape index (κ3) is 4.72. The lowest BCUT2D eigenvalue weighted by Crippen LogP contribution is -2.34. The largest absolute Gasteiger partial charge is 0.486 e. The van der Waals surface area contributed by atoms with E-state index in [1.54, 1.807) is 30.7 Å².